The summed E-state index contributed by atoms with van der Waals surface area (Å²) in [6.45, 7) is 5.42. The van der Waals surface area contributed by atoms with Crippen molar-refractivity contribution in [3.05, 3.63) is 17.7 Å². The molecule has 1 aliphatic rings. The van der Waals surface area contributed by atoms with Gasteiger partial charge in [0.15, 0.2) is 5.69 Å². The highest BCUT2D eigenvalue weighted by Crippen LogP contribution is 2.16. The number of ether oxygens (including phenoxy) is 1. The summed E-state index contributed by atoms with van der Waals surface area (Å²) < 4.78 is 5.29. The average Bonchev–Trinajstić information content (AvgIpc) is 2.47. The van der Waals surface area contributed by atoms with Crippen LogP contribution in [0.15, 0.2) is 6.20 Å². The SMILES string of the molecule is CNc1cnc(C(C)C)nc1C(=O)NC1CCOCC1. The second kappa shape index (κ2) is 6.65. The Morgan fingerprint density at radius 1 is 1.40 bits per heavy atom. The summed E-state index contributed by atoms with van der Waals surface area (Å²) in [4.78, 5) is 21.0. The molecule has 1 saturated heterocycles. The molecule has 6 heteroatoms. The van der Waals surface area contributed by atoms with E-state index in [1.807, 2.05) is 13.8 Å². The lowest BCUT2D eigenvalue weighted by Gasteiger charge is -2.23. The maximum Gasteiger partial charge on any atom is 0.272 e. The molecule has 0 atom stereocenters. The largest absolute Gasteiger partial charge is 0.385 e. The van der Waals surface area contributed by atoms with Gasteiger partial charge in [0.2, 0.25) is 0 Å². The standard InChI is InChI=1S/C14H22N4O2/c1-9(2)13-16-8-11(15-3)12(18-13)14(19)17-10-4-6-20-7-5-10/h8-10,15H,4-7H2,1-3H3,(H,17,19). The first-order chi connectivity index (χ1) is 9.61. The van der Waals surface area contributed by atoms with Crippen LogP contribution >= 0.6 is 0 Å². The predicted octanol–water partition coefficient (Wildman–Crippen LogP) is 1.55. The first-order valence-corrected chi connectivity index (χ1v) is 7.05. The number of nitrogens with zero attached hydrogens (tertiary/aromatic N) is 2. The number of carbonyl (C=O) groups is 1. The average molecular weight is 278 g/mol. The quantitative estimate of drug-likeness (QED) is 0.874. The smallest absolute Gasteiger partial charge is 0.272 e. The minimum atomic E-state index is -0.148. The Kier molecular flexibility index (Phi) is 4.89. The highest BCUT2D eigenvalue weighted by molar-refractivity contribution is 5.97. The van der Waals surface area contributed by atoms with Crippen LogP contribution in [0.5, 0.6) is 0 Å². The Labute approximate surface area is 119 Å². The number of hydrogen-bond donors (Lipinski definition) is 2. The van der Waals surface area contributed by atoms with Crippen molar-refractivity contribution in [3.8, 4) is 0 Å². The van der Waals surface area contributed by atoms with Crippen LogP contribution in [0.2, 0.25) is 0 Å². The van der Waals surface area contributed by atoms with Crippen LogP contribution < -0.4 is 10.6 Å². The van der Waals surface area contributed by atoms with Crippen LogP contribution in [0.1, 0.15) is 48.9 Å². The summed E-state index contributed by atoms with van der Waals surface area (Å²) in [5.41, 5.74) is 1.07. The molecule has 1 fully saturated rings. The summed E-state index contributed by atoms with van der Waals surface area (Å²) >= 11 is 0. The lowest BCUT2D eigenvalue weighted by Crippen LogP contribution is -2.39. The zero-order valence-corrected chi connectivity index (χ0v) is 12.3. The predicted molar refractivity (Wildman–Crippen MR) is 77.0 cm³/mol. The molecule has 110 valence electrons. The molecule has 1 amide bonds. The highest BCUT2D eigenvalue weighted by atomic mass is 16.5. The van der Waals surface area contributed by atoms with E-state index < -0.39 is 0 Å². The van der Waals surface area contributed by atoms with Gasteiger partial charge in [-0.1, -0.05) is 13.8 Å². The van der Waals surface area contributed by atoms with Gasteiger partial charge in [0.25, 0.3) is 5.91 Å². The number of rotatable bonds is 4. The van der Waals surface area contributed by atoms with E-state index in [1.54, 1.807) is 13.2 Å². The minimum absolute atomic E-state index is 0.148. The second-order valence-corrected chi connectivity index (χ2v) is 5.26. The van der Waals surface area contributed by atoms with Crippen LogP contribution in [0.3, 0.4) is 0 Å². The van der Waals surface area contributed by atoms with Crippen molar-refractivity contribution in [2.45, 2.75) is 38.6 Å². The van der Waals surface area contributed by atoms with E-state index in [9.17, 15) is 4.79 Å². The lowest BCUT2D eigenvalue weighted by molar-refractivity contribution is 0.0694. The third-order valence-corrected chi connectivity index (χ3v) is 3.36. The summed E-state index contributed by atoms with van der Waals surface area (Å²) in [5.74, 6) is 0.724. The van der Waals surface area contributed by atoms with Crippen molar-refractivity contribution in [3.63, 3.8) is 0 Å². The molecule has 0 bridgehead atoms. The summed E-state index contributed by atoms with van der Waals surface area (Å²) in [5, 5.41) is 6.00. The molecule has 20 heavy (non-hydrogen) atoms. The molecule has 0 aromatic carbocycles. The maximum absolute atomic E-state index is 12.4. The fourth-order valence-corrected chi connectivity index (χ4v) is 2.13. The van der Waals surface area contributed by atoms with Crippen molar-refractivity contribution >= 4 is 11.6 Å². The van der Waals surface area contributed by atoms with E-state index in [0.29, 0.717) is 30.4 Å². The minimum Gasteiger partial charge on any atom is -0.385 e. The van der Waals surface area contributed by atoms with Crippen LogP contribution in [-0.2, 0) is 4.74 Å². The van der Waals surface area contributed by atoms with E-state index in [-0.39, 0.29) is 17.9 Å². The van der Waals surface area contributed by atoms with Crippen molar-refractivity contribution < 1.29 is 9.53 Å². The van der Waals surface area contributed by atoms with Crippen LogP contribution in [-0.4, -0.2) is 42.2 Å². The topological polar surface area (TPSA) is 76.1 Å². The van der Waals surface area contributed by atoms with Gasteiger partial charge in [-0.15, -0.1) is 0 Å². The first kappa shape index (κ1) is 14.7. The van der Waals surface area contributed by atoms with Gasteiger partial charge in [0.05, 0.1) is 11.9 Å². The molecule has 6 nitrogen and oxygen atoms in total. The first-order valence-electron chi connectivity index (χ1n) is 7.05. The molecule has 2 N–H and O–H groups in total. The maximum atomic E-state index is 12.4. The van der Waals surface area contributed by atoms with E-state index in [1.165, 1.54) is 0 Å². The molecule has 1 aliphatic heterocycles. The van der Waals surface area contributed by atoms with Crippen molar-refractivity contribution in [1.29, 1.82) is 0 Å². The molecule has 2 rings (SSSR count). The van der Waals surface area contributed by atoms with Crippen LogP contribution in [0.25, 0.3) is 0 Å². The van der Waals surface area contributed by atoms with Gasteiger partial charge < -0.3 is 15.4 Å². The van der Waals surface area contributed by atoms with Crippen molar-refractivity contribution in [1.82, 2.24) is 15.3 Å². The summed E-state index contributed by atoms with van der Waals surface area (Å²) in [6, 6.07) is 0.165. The van der Waals surface area contributed by atoms with Crippen LogP contribution in [0.4, 0.5) is 5.69 Å². The Morgan fingerprint density at radius 3 is 2.70 bits per heavy atom. The van der Waals surface area contributed by atoms with E-state index in [0.717, 1.165) is 12.8 Å². The third-order valence-electron chi connectivity index (χ3n) is 3.36. The van der Waals surface area contributed by atoms with Gasteiger partial charge in [0, 0.05) is 32.2 Å². The van der Waals surface area contributed by atoms with Crippen LogP contribution in [0, 0.1) is 0 Å². The van der Waals surface area contributed by atoms with E-state index in [2.05, 4.69) is 20.6 Å². The van der Waals surface area contributed by atoms with Gasteiger partial charge in [0.1, 0.15) is 5.82 Å². The Morgan fingerprint density at radius 2 is 2.10 bits per heavy atom. The number of aromatic nitrogens is 2. The summed E-state index contributed by atoms with van der Waals surface area (Å²) in [6.07, 6.45) is 3.37. The zero-order chi connectivity index (χ0) is 14.5. The number of hydrogen-bond acceptors (Lipinski definition) is 5. The molecule has 0 aliphatic carbocycles. The molecule has 0 spiro atoms. The molecular formula is C14H22N4O2. The number of amides is 1. The van der Waals surface area contributed by atoms with Gasteiger partial charge in [-0.3, -0.25) is 4.79 Å². The molecule has 1 aromatic heterocycles. The number of carbonyl (C=O) groups excluding carboxylic acids is 1. The van der Waals surface area contributed by atoms with Gasteiger partial charge in [-0.2, -0.15) is 0 Å². The summed E-state index contributed by atoms with van der Waals surface area (Å²) in [7, 11) is 1.76. The van der Waals surface area contributed by atoms with Crippen molar-refractivity contribution in [2.24, 2.45) is 0 Å². The third kappa shape index (κ3) is 3.45. The second-order valence-electron chi connectivity index (χ2n) is 5.26. The zero-order valence-electron chi connectivity index (χ0n) is 12.3. The molecule has 0 radical (unpaired) electrons. The van der Waals surface area contributed by atoms with Gasteiger partial charge in [-0.05, 0) is 12.8 Å². The lowest BCUT2D eigenvalue weighted by atomic mass is 10.1. The highest BCUT2D eigenvalue weighted by Gasteiger charge is 2.21. The van der Waals surface area contributed by atoms with Gasteiger partial charge in [-0.25, -0.2) is 9.97 Å². The number of anilines is 1. The molecule has 1 aromatic rings. The van der Waals surface area contributed by atoms with E-state index in [4.69, 9.17) is 4.74 Å². The molecule has 2 heterocycles. The van der Waals surface area contributed by atoms with Gasteiger partial charge >= 0.3 is 0 Å². The number of nitrogens with one attached hydrogen (secondary N) is 2. The Balaban J connectivity index is 2.16. The fraction of sp³-hybridized carbons (Fsp3) is 0.643. The molecular weight excluding hydrogens is 256 g/mol. The van der Waals surface area contributed by atoms with Crippen molar-refractivity contribution in [2.75, 3.05) is 25.6 Å². The monoisotopic (exact) mass is 278 g/mol. The fourth-order valence-electron chi connectivity index (χ4n) is 2.13. The normalized spacial score (nSPS) is 16.2. The molecule has 0 saturated carbocycles. The van der Waals surface area contributed by atoms with E-state index >= 15 is 0 Å². The Bertz CT molecular complexity index is 470. The molecule has 0 unspecified atom stereocenters. The Hall–Kier alpha value is -1.69.